The summed E-state index contributed by atoms with van der Waals surface area (Å²) in [5.74, 6) is 0.974. The van der Waals surface area contributed by atoms with Crippen LogP contribution >= 0.6 is 0 Å². The molecule has 1 aliphatic rings. The van der Waals surface area contributed by atoms with Crippen molar-refractivity contribution >= 4 is 5.82 Å². The predicted molar refractivity (Wildman–Crippen MR) is 80.6 cm³/mol. The average molecular weight is 268 g/mol. The van der Waals surface area contributed by atoms with E-state index in [4.69, 9.17) is 0 Å². The SMILES string of the molecule is CNCc1cnc(N2CCCc3ccccc3C2)cn1. The molecule has 0 bridgehead atoms. The van der Waals surface area contributed by atoms with Crippen molar-refractivity contribution < 1.29 is 0 Å². The summed E-state index contributed by atoms with van der Waals surface area (Å²) in [6, 6.07) is 8.70. The molecule has 0 atom stereocenters. The van der Waals surface area contributed by atoms with E-state index in [0.29, 0.717) is 0 Å². The Morgan fingerprint density at radius 2 is 2.00 bits per heavy atom. The van der Waals surface area contributed by atoms with E-state index in [9.17, 15) is 0 Å². The molecule has 4 nitrogen and oxygen atoms in total. The summed E-state index contributed by atoms with van der Waals surface area (Å²) in [6.45, 7) is 2.72. The molecule has 1 aromatic heterocycles. The van der Waals surface area contributed by atoms with Crippen LogP contribution in [0.4, 0.5) is 5.82 Å². The number of anilines is 1. The molecule has 0 fully saturated rings. The van der Waals surface area contributed by atoms with Gasteiger partial charge in [0.15, 0.2) is 0 Å². The van der Waals surface area contributed by atoms with E-state index in [2.05, 4.69) is 44.5 Å². The molecule has 1 N–H and O–H groups in total. The Morgan fingerprint density at radius 1 is 1.15 bits per heavy atom. The van der Waals surface area contributed by atoms with Gasteiger partial charge < -0.3 is 10.2 Å². The van der Waals surface area contributed by atoms with Gasteiger partial charge in [-0.1, -0.05) is 24.3 Å². The normalized spacial score (nSPS) is 14.8. The van der Waals surface area contributed by atoms with Gasteiger partial charge in [0.05, 0.1) is 18.1 Å². The molecular formula is C16H20N4. The lowest BCUT2D eigenvalue weighted by atomic mass is 10.0. The van der Waals surface area contributed by atoms with Crippen LogP contribution in [0, 0.1) is 0 Å². The number of hydrogen-bond acceptors (Lipinski definition) is 4. The minimum absolute atomic E-state index is 0.760. The second-order valence-corrected chi connectivity index (χ2v) is 5.19. The fourth-order valence-electron chi connectivity index (χ4n) is 2.68. The molecule has 0 amide bonds. The molecule has 3 rings (SSSR count). The zero-order valence-electron chi connectivity index (χ0n) is 11.8. The number of aryl methyl sites for hydroxylation is 1. The van der Waals surface area contributed by atoms with E-state index >= 15 is 0 Å². The Balaban J connectivity index is 1.80. The van der Waals surface area contributed by atoms with Crippen LogP contribution in [0.5, 0.6) is 0 Å². The summed E-state index contributed by atoms with van der Waals surface area (Å²) in [7, 11) is 1.92. The summed E-state index contributed by atoms with van der Waals surface area (Å²) >= 11 is 0. The molecule has 1 aromatic carbocycles. The van der Waals surface area contributed by atoms with Crippen molar-refractivity contribution in [2.45, 2.75) is 25.9 Å². The van der Waals surface area contributed by atoms with Gasteiger partial charge in [-0.15, -0.1) is 0 Å². The summed E-state index contributed by atoms with van der Waals surface area (Å²) in [5.41, 5.74) is 3.85. The van der Waals surface area contributed by atoms with Crippen molar-refractivity contribution in [2.75, 3.05) is 18.5 Å². The molecule has 2 heterocycles. The van der Waals surface area contributed by atoms with Crippen LogP contribution in [0.3, 0.4) is 0 Å². The van der Waals surface area contributed by atoms with Crippen LogP contribution in [-0.4, -0.2) is 23.6 Å². The number of nitrogens with one attached hydrogen (secondary N) is 1. The molecule has 1 aliphatic heterocycles. The number of rotatable bonds is 3. The summed E-state index contributed by atoms with van der Waals surface area (Å²) in [4.78, 5) is 11.3. The Hall–Kier alpha value is -1.94. The highest BCUT2D eigenvalue weighted by atomic mass is 15.2. The number of nitrogens with zero attached hydrogens (tertiary/aromatic N) is 3. The van der Waals surface area contributed by atoms with Gasteiger partial charge in [0.1, 0.15) is 5.82 Å². The minimum atomic E-state index is 0.760. The number of benzene rings is 1. The predicted octanol–water partition coefficient (Wildman–Crippen LogP) is 2.15. The maximum atomic E-state index is 4.56. The first-order valence-corrected chi connectivity index (χ1v) is 7.14. The summed E-state index contributed by atoms with van der Waals surface area (Å²) < 4.78 is 0. The van der Waals surface area contributed by atoms with E-state index in [-0.39, 0.29) is 0 Å². The monoisotopic (exact) mass is 268 g/mol. The zero-order chi connectivity index (χ0) is 13.8. The van der Waals surface area contributed by atoms with Crippen molar-refractivity contribution in [1.29, 1.82) is 0 Å². The van der Waals surface area contributed by atoms with Crippen molar-refractivity contribution in [3.63, 3.8) is 0 Å². The highest BCUT2D eigenvalue weighted by Crippen LogP contribution is 2.21. The highest BCUT2D eigenvalue weighted by Gasteiger charge is 2.15. The van der Waals surface area contributed by atoms with Gasteiger partial charge in [-0.25, -0.2) is 4.98 Å². The molecule has 0 saturated carbocycles. The molecule has 20 heavy (non-hydrogen) atoms. The van der Waals surface area contributed by atoms with E-state index in [1.54, 1.807) is 0 Å². The van der Waals surface area contributed by atoms with Gasteiger partial charge in [-0.3, -0.25) is 4.98 Å². The third-order valence-electron chi connectivity index (χ3n) is 3.73. The Kier molecular flexibility index (Phi) is 3.92. The van der Waals surface area contributed by atoms with Gasteiger partial charge in [0, 0.05) is 19.6 Å². The van der Waals surface area contributed by atoms with Crippen molar-refractivity contribution in [2.24, 2.45) is 0 Å². The second kappa shape index (κ2) is 6.01. The van der Waals surface area contributed by atoms with E-state index in [0.717, 1.165) is 44.0 Å². The minimum Gasteiger partial charge on any atom is -0.351 e. The van der Waals surface area contributed by atoms with Crippen LogP contribution in [0.1, 0.15) is 23.2 Å². The number of aromatic nitrogens is 2. The third-order valence-corrected chi connectivity index (χ3v) is 3.73. The number of hydrogen-bond donors (Lipinski definition) is 1. The van der Waals surface area contributed by atoms with Crippen molar-refractivity contribution in [1.82, 2.24) is 15.3 Å². The molecule has 0 unspecified atom stereocenters. The average Bonchev–Trinajstić information content (AvgIpc) is 2.70. The molecule has 104 valence electrons. The summed E-state index contributed by atoms with van der Waals surface area (Å²) in [5, 5.41) is 3.09. The zero-order valence-corrected chi connectivity index (χ0v) is 11.8. The first-order valence-electron chi connectivity index (χ1n) is 7.14. The Morgan fingerprint density at radius 3 is 2.75 bits per heavy atom. The van der Waals surface area contributed by atoms with Crippen molar-refractivity contribution in [3.8, 4) is 0 Å². The molecule has 0 radical (unpaired) electrons. The van der Waals surface area contributed by atoms with Gasteiger partial charge >= 0.3 is 0 Å². The van der Waals surface area contributed by atoms with Gasteiger partial charge in [0.2, 0.25) is 0 Å². The number of fused-ring (bicyclic) bond motifs is 1. The third kappa shape index (κ3) is 2.80. The lowest BCUT2D eigenvalue weighted by Crippen LogP contribution is -2.24. The molecule has 4 heteroatoms. The standard InChI is InChI=1S/C16H20N4/c1-17-9-15-10-19-16(11-18-15)20-8-4-7-13-5-2-3-6-14(13)12-20/h2-3,5-6,10-11,17H,4,7-9,12H2,1H3. The maximum Gasteiger partial charge on any atom is 0.147 e. The quantitative estimate of drug-likeness (QED) is 0.926. The first-order chi connectivity index (χ1) is 9.86. The Labute approximate surface area is 119 Å². The van der Waals surface area contributed by atoms with Crippen LogP contribution in [0.25, 0.3) is 0 Å². The fourth-order valence-corrected chi connectivity index (χ4v) is 2.68. The lowest BCUT2D eigenvalue weighted by Gasteiger charge is -2.21. The largest absolute Gasteiger partial charge is 0.351 e. The van der Waals surface area contributed by atoms with Crippen LogP contribution in [0.2, 0.25) is 0 Å². The maximum absolute atomic E-state index is 4.56. The molecule has 0 spiro atoms. The molecular weight excluding hydrogens is 248 g/mol. The first kappa shape index (κ1) is 13.1. The van der Waals surface area contributed by atoms with Crippen LogP contribution < -0.4 is 10.2 Å². The van der Waals surface area contributed by atoms with E-state index in [1.165, 1.54) is 11.1 Å². The summed E-state index contributed by atoms with van der Waals surface area (Å²) in [6.07, 6.45) is 6.07. The second-order valence-electron chi connectivity index (χ2n) is 5.19. The van der Waals surface area contributed by atoms with E-state index < -0.39 is 0 Å². The van der Waals surface area contributed by atoms with E-state index in [1.807, 2.05) is 19.4 Å². The fraction of sp³-hybridized carbons (Fsp3) is 0.375. The van der Waals surface area contributed by atoms with Crippen LogP contribution in [0.15, 0.2) is 36.7 Å². The topological polar surface area (TPSA) is 41.1 Å². The van der Waals surface area contributed by atoms with Gasteiger partial charge in [-0.2, -0.15) is 0 Å². The smallest absolute Gasteiger partial charge is 0.147 e. The Bertz CT molecular complexity index is 565. The van der Waals surface area contributed by atoms with Gasteiger partial charge in [0.25, 0.3) is 0 Å². The van der Waals surface area contributed by atoms with Crippen LogP contribution in [-0.2, 0) is 19.5 Å². The highest BCUT2D eigenvalue weighted by molar-refractivity contribution is 5.40. The molecule has 2 aromatic rings. The lowest BCUT2D eigenvalue weighted by molar-refractivity contribution is 0.742. The van der Waals surface area contributed by atoms with Gasteiger partial charge in [-0.05, 0) is 31.0 Å². The van der Waals surface area contributed by atoms with Crippen molar-refractivity contribution in [3.05, 3.63) is 53.5 Å². The molecule has 0 saturated heterocycles. The molecule has 0 aliphatic carbocycles.